The molecule has 0 unspecified atom stereocenters. The monoisotopic (exact) mass is 123 g/mol. The van der Waals surface area contributed by atoms with E-state index in [9.17, 15) is 0 Å². The van der Waals surface area contributed by atoms with Crippen molar-refractivity contribution in [3.05, 3.63) is 23.9 Å². The molecule has 0 saturated heterocycles. The molecular weight excluding hydrogens is 114 g/mol. The molecular formula is C6H9N3. The summed E-state index contributed by atoms with van der Waals surface area (Å²) in [5.74, 6) is 5.36. The molecule has 48 valence electrons. The first-order valence-electron chi connectivity index (χ1n) is 2.67. The van der Waals surface area contributed by atoms with E-state index in [1.54, 1.807) is 6.21 Å². The summed E-state index contributed by atoms with van der Waals surface area (Å²) in [5.41, 5.74) is 1.80. The van der Waals surface area contributed by atoms with Crippen LogP contribution in [0.5, 0.6) is 0 Å². The van der Waals surface area contributed by atoms with Gasteiger partial charge in [0.2, 0.25) is 0 Å². The lowest BCUT2D eigenvalue weighted by molar-refractivity contribution is 0.389. The normalized spacial score (nSPS) is 18.2. The third-order valence-corrected chi connectivity index (χ3v) is 1.25. The van der Waals surface area contributed by atoms with Crippen molar-refractivity contribution in [2.24, 2.45) is 10.9 Å². The quantitative estimate of drug-likeness (QED) is 0.480. The Labute approximate surface area is 54.1 Å². The maximum absolute atomic E-state index is 5.36. The van der Waals surface area contributed by atoms with Crippen LogP contribution in [0, 0.1) is 0 Å². The van der Waals surface area contributed by atoms with Crippen molar-refractivity contribution in [1.29, 1.82) is 0 Å². The van der Waals surface area contributed by atoms with Gasteiger partial charge in [0.25, 0.3) is 0 Å². The maximum Gasteiger partial charge on any atom is 0.0734 e. The second-order valence-corrected chi connectivity index (χ2v) is 1.91. The van der Waals surface area contributed by atoms with Crippen LogP contribution in [-0.4, -0.2) is 11.3 Å². The van der Waals surface area contributed by atoms with Gasteiger partial charge in [-0.3, -0.25) is 0 Å². The van der Waals surface area contributed by atoms with Crippen molar-refractivity contribution in [1.82, 2.24) is 5.12 Å². The van der Waals surface area contributed by atoms with Gasteiger partial charge in [0.05, 0.1) is 5.70 Å². The van der Waals surface area contributed by atoms with Crippen LogP contribution >= 0.6 is 0 Å². The Morgan fingerprint density at radius 1 is 1.78 bits per heavy atom. The van der Waals surface area contributed by atoms with E-state index < -0.39 is 0 Å². The van der Waals surface area contributed by atoms with Gasteiger partial charge in [0.1, 0.15) is 0 Å². The summed E-state index contributed by atoms with van der Waals surface area (Å²) in [5, 5.41) is 5.03. The Balaban J connectivity index is 2.86. The van der Waals surface area contributed by atoms with Crippen molar-refractivity contribution in [3.8, 4) is 0 Å². The molecule has 1 heterocycles. The Bertz CT molecular complexity index is 190. The van der Waals surface area contributed by atoms with Gasteiger partial charge in [-0.15, -0.1) is 0 Å². The van der Waals surface area contributed by atoms with Crippen LogP contribution in [0.15, 0.2) is 29.0 Å². The highest BCUT2D eigenvalue weighted by molar-refractivity contribution is 5.74. The van der Waals surface area contributed by atoms with E-state index in [1.807, 2.05) is 13.0 Å². The average Bonchev–Trinajstić information content (AvgIpc) is 1.83. The Morgan fingerprint density at radius 3 is 2.89 bits per heavy atom. The molecule has 9 heavy (non-hydrogen) atoms. The molecule has 0 aromatic carbocycles. The molecule has 0 radical (unpaired) electrons. The molecule has 2 N–H and O–H groups in total. The molecule has 1 aliphatic rings. The van der Waals surface area contributed by atoms with E-state index in [2.05, 4.69) is 11.7 Å². The van der Waals surface area contributed by atoms with Crippen LogP contribution in [0.3, 0.4) is 0 Å². The summed E-state index contributed by atoms with van der Waals surface area (Å²) in [6, 6.07) is 0. The number of nitrogens with two attached hydrogens (primary N) is 1. The first-order valence-corrected chi connectivity index (χ1v) is 2.67. The third-order valence-electron chi connectivity index (χ3n) is 1.25. The van der Waals surface area contributed by atoms with Crippen LogP contribution < -0.4 is 5.84 Å². The fourth-order valence-corrected chi connectivity index (χ4v) is 0.564. The highest BCUT2D eigenvalue weighted by Gasteiger charge is 2.04. The number of hydrazone groups is 1. The third kappa shape index (κ3) is 1.000. The minimum absolute atomic E-state index is 0.748. The number of hydrogen-bond acceptors (Lipinski definition) is 3. The SMILES string of the molecule is C=C1C(C)=CC=NN1N. The molecule has 0 aromatic heterocycles. The standard InChI is InChI=1S/C6H9N3/c1-5-3-4-8-9(7)6(5)2/h3-4H,2,7H2,1H3. The second kappa shape index (κ2) is 2.03. The Hall–Kier alpha value is -1.09. The van der Waals surface area contributed by atoms with E-state index in [1.165, 1.54) is 5.12 Å². The van der Waals surface area contributed by atoms with Gasteiger partial charge in [-0.1, -0.05) is 6.58 Å². The number of hydrogen-bond donors (Lipinski definition) is 1. The zero-order valence-electron chi connectivity index (χ0n) is 5.33. The molecule has 0 amide bonds. The molecule has 3 nitrogen and oxygen atoms in total. The fourth-order valence-electron chi connectivity index (χ4n) is 0.564. The van der Waals surface area contributed by atoms with E-state index in [0.717, 1.165) is 11.3 Å². The molecule has 0 spiro atoms. The van der Waals surface area contributed by atoms with Crippen molar-refractivity contribution in [3.63, 3.8) is 0 Å². The zero-order valence-corrected chi connectivity index (χ0v) is 5.33. The predicted molar refractivity (Wildman–Crippen MR) is 37.4 cm³/mol. The minimum Gasteiger partial charge on any atom is -0.226 e. The van der Waals surface area contributed by atoms with Gasteiger partial charge in [0.15, 0.2) is 0 Å². The van der Waals surface area contributed by atoms with Gasteiger partial charge in [-0.05, 0) is 18.6 Å². The van der Waals surface area contributed by atoms with Gasteiger partial charge in [0, 0.05) is 6.21 Å². The summed E-state index contributed by atoms with van der Waals surface area (Å²) in [6.45, 7) is 5.63. The first kappa shape index (κ1) is 6.04. The van der Waals surface area contributed by atoms with Crippen molar-refractivity contribution in [2.75, 3.05) is 0 Å². The van der Waals surface area contributed by atoms with Crippen molar-refractivity contribution >= 4 is 6.21 Å². The van der Waals surface area contributed by atoms with Gasteiger partial charge >= 0.3 is 0 Å². The summed E-state index contributed by atoms with van der Waals surface area (Å²) in [7, 11) is 0. The molecule has 0 aliphatic carbocycles. The number of allylic oxidation sites excluding steroid dienone is 2. The van der Waals surface area contributed by atoms with Crippen LogP contribution in [0.25, 0.3) is 0 Å². The average molecular weight is 123 g/mol. The second-order valence-electron chi connectivity index (χ2n) is 1.91. The van der Waals surface area contributed by atoms with Crippen LogP contribution in [0.1, 0.15) is 6.92 Å². The molecule has 1 aliphatic heterocycles. The molecule has 0 saturated carbocycles. The van der Waals surface area contributed by atoms with Crippen LogP contribution in [-0.2, 0) is 0 Å². The number of nitrogens with zero attached hydrogens (tertiary/aromatic N) is 2. The molecule has 1 rings (SSSR count). The smallest absolute Gasteiger partial charge is 0.0734 e. The van der Waals surface area contributed by atoms with Gasteiger partial charge < -0.3 is 0 Å². The highest BCUT2D eigenvalue weighted by Crippen LogP contribution is 2.11. The Kier molecular flexibility index (Phi) is 1.36. The fraction of sp³-hybridized carbons (Fsp3) is 0.167. The maximum atomic E-state index is 5.36. The lowest BCUT2D eigenvalue weighted by Crippen LogP contribution is -2.26. The highest BCUT2D eigenvalue weighted by atomic mass is 15.6. The van der Waals surface area contributed by atoms with Crippen molar-refractivity contribution < 1.29 is 0 Å². The summed E-state index contributed by atoms with van der Waals surface area (Å²) < 4.78 is 0. The molecule has 0 aromatic rings. The van der Waals surface area contributed by atoms with E-state index >= 15 is 0 Å². The zero-order chi connectivity index (χ0) is 6.85. The topological polar surface area (TPSA) is 41.6 Å². The molecule has 0 atom stereocenters. The molecule has 0 fully saturated rings. The van der Waals surface area contributed by atoms with E-state index in [4.69, 9.17) is 5.84 Å². The van der Waals surface area contributed by atoms with Gasteiger partial charge in [-0.25, -0.2) is 5.84 Å². The largest absolute Gasteiger partial charge is 0.226 e. The summed E-state index contributed by atoms with van der Waals surface area (Å²) in [4.78, 5) is 0. The number of hydrazine groups is 1. The van der Waals surface area contributed by atoms with E-state index in [0.29, 0.717) is 0 Å². The lowest BCUT2D eigenvalue weighted by Gasteiger charge is -2.17. The van der Waals surface area contributed by atoms with Crippen molar-refractivity contribution in [2.45, 2.75) is 6.92 Å². The molecule has 0 bridgehead atoms. The van der Waals surface area contributed by atoms with E-state index in [-0.39, 0.29) is 0 Å². The van der Waals surface area contributed by atoms with Gasteiger partial charge in [-0.2, -0.15) is 10.2 Å². The molecule has 3 heteroatoms. The minimum atomic E-state index is 0.748. The Morgan fingerprint density at radius 2 is 2.44 bits per heavy atom. The predicted octanol–water partition coefficient (Wildman–Crippen LogP) is 0.622. The lowest BCUT2D eigenvalue weighted by atomic mass is 10.2. The van der Waals surface area contributed by atoms with Crippen LogP contribution in [0.2, 0.25) is 0 Å². The van der Waals surface area contributed by atoms with Crippen LogP contribution in [0.4, 0.5) is 0 Å². The first-order chi connectivity index (χ1) is 4.22. The summed E-state index contributed by atoms with van der Waals surface area (Å²) in [6.07, 6.45) is 3.51. The summed E-state index contributed by atoms with van der Waals surface area (Å²) >= 11 is 0. The number of rotatable bonds is 0.